The molecule has 0 saturated carbocycles. The number of rotatable bonds is 1. The molecule has 0 spiro atoms. The Labute approximate surface area is 94.7 Å². The van der Waals surface area contributed by atoms with Crippen molar-refractivity contribution in [3.05, 3.63) is 28.6 Å². The van der Waals surface area contributed by atoms with Gasteiger partial charge in [-0.1, -0.05) is 6.07 Å². The van der Waals surface area contributed by atoms with E-state index in [2.05, 4.69) is 0 Å². The highest BCUT2D eigenvalue weighted by Crippen LogP contribution is 2.36. The highest BCUT2D eigenvalue weighted by molar-refractivity contribution is 6.60. The summed E-state index contributed by atoms with van der Waals surface area (Å²) in [7, 11) is -0.612. The lowest BCUT2D eigenvalue weighted by Crippen LogP contribution is -2.41. The first-order valence-electron chi connectivity index (χ1n) is 5.27. The molecule has 0 radical (unpaired) electrons. The number of hydrogen-bond donors (Lipinski definition) is 0. The highest BCUT2D eigenvalue weighted by atomic mass is 16.7. The smallest absolute Gasteiger partial charge is 0.432 e. The summed E-state index contributed by atoms with van der Waals surface area (Å²) in [6.45, 7) is 7.81. The molecule has 0 bridgehead atoms. The summed E-state index contributed by atoms with van der Waals surface area (Å²) < 4.78 is 16.5. The van der Waals surface area contributed by atoms with Gasteiger partial charge in [-0.3, -0.25) is 0 Å². The van der Waals surface area contributed by atoms with Crippen LogP contribution in [0.4, 0.5) is 0 Å². The third-order valence-electron chi connectivity index (χ3n) is 3.20. The molecule has 2 rings (SSSR count). The van der Waals surface area contributed by atoms with Crippen molar-refractivity contribution in [2.24, 2.45) is 0 Å². The minimum Gasteiger partial charge on any atom is -0.432 e. The monoisotopic (exact) mass is 222 g/mol. The average Bonchev–Trinajstić information content (AvgIpc) is 2.36. The van der Waals surface area contributed by atoms with Gasteiger partial charge < -0.3 is 13.7 Å². The molecule has 0 aromatic carbocycles. The highest BCUT2D eigenvalue weighted by Gasteiger charge is 2.52. The van der Waals surface area contributed by atoms with Gasteiger partial charge in [-0.25, -0.2) is 4.79 Å². The molecule has 1 aliphatic heterocycles. The molecule has 86 valence electrons. The van der Waals surface area contributed by atoms with Gasteiger partial charge >= 0.3 is 12.7 Å². The Bertz CT molecular complexity index is 433. The molecule has 2 heterocycles. The average molecular weight is 222 g/mol. The molecule has 0 amide bonds. The van der Waals surface area contributed by atoms with E-state index in [1.807, 2.05) is 27.7 Å². The Morgan fingerprint density at radius 2 is 1.62 bits per heavy atom. The molecule has 1 fully saturated rings. The Kier molecular flexibility index (Phi) is 2.47. The fourth-order valence-electron chi connectivity index (χ4n) is 1.49. The topological polar surface area (TPSA) is 48.7 Å². The summed E-state index contributed by atoms with van der Waals surface area (Å²) in [5.74, 6) is 0. The van der Waals surface area contributed by atoms with Crippen molar-refractivity contribution in [3.63, 3.8) is 0 Å². The van der Waals surface area contributed by atoms with Gasteiger partial charge in [-0.05, 0) is 33.8 Å². The lowest BCUT2D eigenvalue weighted by Gasteiger charge is -2.32. The van der Waals surface area contributed by atoms with E-state index in [-0.39, 0.29) is 0 Å². The van der Waals surface area contributed by atoms with Crippen molar-refractivity contribution in [2.75, 3.05) is 0 Å². The Morgan fingerprint density at radius 3 is 2.12 bits per heavy atom. The molecule has 1 aliphatic rings. The molecule has 0 unspecified atom stereocenters. The Morgan fingerprint density at radius 1 is 1.06 bits per heavy atom. The third kappa shape index (κ3) is 1.81. The van der Waals surface area contributed by atoms with Crippen molar-refractivity contribution < 1.29 is 13.7 Å². The van der Waals surface area contributed by atoms with Gasteiger partial charge in [0, 0.05) is 6.07 Å². The van der Waals surface area contributed by atoms with Crippen LogP contribution >= 0.6 is 0 Å². The second-order valence-corrected chi connectivity index (χ2v) is 4.94. The molecule has 4 nitrogen and oxygen atoms in total. The van der Waals surface area contributed by atoms with Crippen LogP contribution in [0.3, 0.4) is 0 Å². The van der Waals surface area contributed by atoms with E-state index < -0.39 is 23.9 Å². The van der Waals surface area contributed by atoms with E-state index in [0.29, 0.717) is 5.66 Å². The zero-order valence-electron chi connectivity index (χ0n) is 9.94. The Hall–Kier alpha value is -1.07. The quantitative estimate of drug-likeness (QED) is 0.663. The second-order valence-electron chi connectivity index (χ2n) is 4.94. The molecular formula is C11H15BO4. The van der Waals surface area contributed by atoms with Crippen LogP contribution in [0, 0.1) is 0 Å². The lowest BCUT2D eigenvalue weighted by molar-refractivity contribution is 0.00578. The van der Waals surface area contributed by atoms with Crippen molar-refractivity contribution in [1.29, 1.82) is 0 Å². The summed E-state index contributed by atoms with van der Waals surface area (Å²) in [5.41, 5.74) is -0.837. The zero-order valence-corrected chi connectivity index (χ0v) is 9.94. The standard InChI is InChI=1S/C11H15BO4/c1-10(2)11(3,4)16-12(15-10)8-6-5-7-9(13)14-8/h5-7H,1-4H3. The molecular weight excluding hydrogens is 207 g/mol. The summed E-state index contributed by atoms with van der Waals surface area (Å²) in [5, 5.41) is 0. The van der Waals surface area contributed by atoms with E-state index >= 15 is 0 Å². The number of hydrogen-bond acceptors (Lipinski definition) is 4. The van der Waals surface area contributed by atoms with Crippen LogP contribution in [0.25, 0.3) is 0 Å². The first-order valence-corrected chi connectivity index (χ1v) is 5.27. The molecule has 0 atom stereocenters. The fourth-order valence-corrected chi connectivity index (χ4v) is 1.49. The van der Waals surface area contributed by atoms with Gasteiger partial charge in [0.25, 0.3) is 0 Å². The molecule has 0 N–H and O–H groups in total. The van der Waals surface area contributed by atoms with Gasteiger partial charge in [0.1, 0.15) is 5.66 Å². The van der Waals surface area contributed by atoms with Crippen molar-refractivity contribution >= 4 is 12.8 Å². The Balaban J connectivity index is 2.30. The minimum absolute atomic E-state index is 0.396. The molecule has 16 heavy (non-hydrogen) atoms. The zero-order chi connectivity index (χ0) is 12.0. The first kappa shape index (κ1) is 11.4. The lowest BCUT2D eigenvalue weighted by atomic mass is 9.86. The van der Waals surface area contributed by atoms with Crippen LogP contribution < -0.4 is 11.3 Å². The maximum Gasteiger partial charge on any atom is 0.532 e. The first-order chi connectivity index (χ1) is 7.32. The maximum absolute atomic E-state index is 11.1. The third-order valence-corrected chi connectivity index (χ3v) is 3.20. The van der Waals surface area contributed by atoms with Gasteiger partial charge in [0.2, 0.25) is 0 Å². The van der Waals surface area contributed by atoms with Crippen LogP contribution in [-0.2, 0) is 9.31 Å². The molecule has 0 aliphatic carbocycles. The fraction of sp³-hybridized carbons (Fsp3) is 0.545. The van der Waals surface area contributed by atoms with E-state index in [4.69, 9.17) is 13.7 Å². The maximum atomic E-state index is 11.1. The van der Waals surface area contributed by atoms with Gasteiger partial charge in [0.05, 0.1) is 11.2 Å². The van der Waals surface area contributed by atoms with Crippen LogP contribution in [0.5, 0.6) is 0 Å². The van der Waals surface area contributed by atoms with Gasteiger partial charge in [-0.15, -0.1) is 0 Å². The summed E-state index contributed by atoms with van der Waals surface area (Å²) in [6.07, 6.45) is 0. The van der Waals surface area contributed by atoms with E-state index in [1.54, 1.807) is 12.1 Å². The SMILES string of the molecule is CC1(C)OB(c2cccc(=O)o2)OC1(C)C. The van der Waals surface area contributed by atoms with E-state index in [9.17, 15) is 4.79 Å². The summed E-state index contributed by atoms with van der Waals surface area (Å²) in [6, 6.07) is 4.67. The van der Waals surface area contributed by atoms with Crippen molar-refractivity contribution in [1.82, 2.24) is 0 Å². The molecule has 5 heteroatoms. The van der Waals surface area contributed by atoms with Crippen LogP contribution in [-0.4, -0.2) is 18.3 Å². The van der Waals surface area contributed by atoms with Crippen LogP contribution in [0.1, 0.15) is 27.7 Å². The summed E-state index contributed by atoms with van der Waals surface area (Å²) >= 11 is 0. The normalized spacial score (nSPS) is 22.4. The van der Waals surface area contributed by atoms with E-state index in [0.717, 1.165) is 0 Å². The van der Waals surface area contributed by atoms with Crippen molar-refractivity contribution in [2.45, 2.75) is 38.9 Å². The van der Waals surface area contributed by atoms with Crippen LogP contribution in [0.2, 0.25) is 0 Å². The van der Waals surface area contributed by atoms with E-state index in [1.165, 1.54) is 6.07 Å². The summed E-state index contributed by atoms with van der Waals surface area (Å²) in [4.78, 5) is 11.1. The second kappa shape index (κ2) is 3.47. The van der Waals surface area contributed by atoms with Gasteiger partial charge in [-0.2, -0.15) is 0 Å². The van der Waals surface area contributed by atoms with Crippen molar-refractivity contribution in [3.8, 4) is 0 Å². The predicted octanol–water partition coefficient (Wildman–Crippen LogP) is 0.939. The molecule has 1 aromatic rings. The predicted molar refractivity (Wildman–Crippen MR) is 60.7 cm³/mol. The van der Waals surface area contributed by atoms with Gasteiger partial charge in [0.15, 0.2) is 0 Å². The van der Waals surface area contributed by atoms with Crippen LogP contribution in [0.15, 0.2) is 27.4 Å². The molecule has 1 saturated heterocycles. The molecule has 1 aromatic heterocycles. The minimum atomic E-state index is -0.612. The largest absolute Gasteiger partial charge is 0.532 e.